The van der Waals surface area contributed by atoms with E-state index in [0.29, 0.717) is 28.8 Å². The van der Waals surface area contributed by atoms with E-state index in [4.69, 9.17) is 14.6 Å². The summed E-state index contributed by atoms with van der Waals surface area (Å²) in [5, 5.41) is 17.3. The number of aromatic nitrogens is 2. The van der Waals surface area contributed by atoms with E-state index in [9.17, 15) is 0 Å². The summed E-state index contributed by atoms with van der Waals surface area (Å²) in [5.41, 5.74) is 2.56. The minimum absolute atomic E-state index is 0.0408. The van der Waals surface area contributed by atoms with E-state index in [1.165, 1.54) is 0 Å². The van der Waals surface area contributed by atoms with Gasteiger partial charge < -0.3 is 14.6 Å². The molecule has 2 aromatic carbocycles. The zero-order valence-corrected chi connectivity index (χ0v) is 12.7. The van der Waals surface area contributed by atoms with E-state index in [1.807, 2.05) is 60.7 Å². The number of para-hydroxylation sites is 2. The minimum atomic E-state index is 0.0408. The van der Waals surface area contributed by atoms with Crippen molar-refractivity contribution in [2.75, 3.05) is 0 Å². The van der Waals surface area contributed by atoms with Crippen LogP contribution in [-0.2, 0) is 6.61 Å². The van der Waals surface area contributed by atoms with Gasteiger partial charge in [-0.15, -0.1) is 10.2 Å². The zero-order chi connectivity index (χ0) is 16.4. The molecule has 2 heterocycles. The predicted octanol–water partition coefficient (Wildman–Crippen LogP) is 4.04. The molecule has 24 heavy (non-hydrogen) atoms. The number of nitrogens with zero attached hydrogens (tertiary/aromatic N) is 2. The summed E-state index contributed by atoms with van der Waals surface area (Å²) in [5.74, 6) is 2.19. The van der Waals surface area contributed by atoms with Gasteiger partial charge in [0.1, 0.15) is 0 Å². The SMILES string of the molecule is OCc1ccc(/C=C/c2cc3c(nn2)Oc2ccccc2O3)cc1. The highest BCUT2D eigenvalue weighted by atomic mass is 16.6. The number of aliphatic hydroxyl groups is 1. The van der Waals surface area contributed by atoms with Crippen molar-refractivity contribution in [3.63, 3.8) is 0 Å². The number of rotatable bonds is 3. The van der Waals surface area contributed by atoms with E-state index in [-0.39, 0.29) is 6.61 Å². The Labute approximate surface area is 138 Å². The third-order valence-electron chi connectivity index (χ3n) is 3.63. The van der Waals surface area contributed by atoms with Gasteiger partial charge >= 0.3 is 0 Å². The molecule has 3 aromatic rings. The van der Waals surface area contributed by atoms with Gasteiger partial charge in [-0.05, 0) is 29.3 Å². The number of hydrogen-bond acceptors (Lipinski definition) is 5. The van der Waals surface area contributed by atoms with Crippen LogP contribution in [0, 0.1) is 0 Å². The largest absolute Gasteiger partial charge is 0.448 e. The van der Waals surface area contributed by atoms with Crippen LogP contribution in [0.1, 0.15) is 16.8 Å². The summed E-state index contributed by atoms with van der Waals surface area (Å²) in [6, 6.07) is 16.8. The molecular weight excluding hydrogens is 304 g/mol. The van der Waals surface area contributed by atoms with Gasteiger partial charge in [-0.1, -0.05) is 42.5 Å². The maximum Gasteiger partial charge on any atom is 0.282 e. The van der Waals surface area contributed by atoms with Crippen LogP contribution in [0.25, 0.3) is 12.2 Å². The first-order valence-electron chi connectivity index (χ1n) is 7.52. The summed E-state index contributed by atoms with van der Waals surface area (Å²) >= 11 is 0. The quantitative estimate of drug-likeness (QED) is 0.617. The van der Waals surface area contributed by atoms with Crippen molar-refractivity contribution in [2.24, 2.45) is 0 Å². The second-order valence-electron chi connectivity index (χ2n) is 5.32. The molecule has 0 atom stereocenters. The maximum atomic E-state index is 9.06. The average Bonchev–Trinajstić information content (AvgIpc) is 2.65. The summed E-state index contributed by atoms with van der Waals surface area (Å²) in [6.45, 7) is 0.0408. The molecule has 0 radical (unpaired) electrons. The molecule has 1 aliphatic heterocycles. The van der Waals surface area contributed by atoms with Crippen LogP contribution in [0.15, 0.2) is 54.6 Å². The number of ether oxygens (including phenoxy) is 2. The van der Waals surface area contributed by atoms with Crippen LogP contribution in [0.2, 0.25) is 0 Å². The monoisotopic (exact) mass is 318 g/mol. The molecule has 4 rings (SSSR count). The molecule has 1 aromatic heterocycles. The van der Waals surface area contributed by atoms with Crippen LogP contribution in [0.3, 0.4) is 0 Å². The molecule has 5 heteroatoms. The standard InChI is InChI=1S/C19H14N2O3/c22-12-14-7-5-13(6-8-14)9-10-15-11-18-19(21-20-15)24-17-4-2-1-3-16(17)23-18/h1-11,22H,12H2/b10-9+. The summed E-state index contributed by atoms with van der Waals surface area (Å²) in [7, 11) is 0. The fraction of sp³-hybridized carbons (Fsp3) is 0.0526. The first-order valence-corrected chi connectivity index (χ1v) is 7.52. The maximum absolute atomic E-state index is 9.06. The Balaban J connectivity index is 1.56. The second-order valence-corrected chi connectivity index (χ2v) is 5.32. The van der Waals surface area contributed by atoms with Crippen LogP contribution in [0.5, 0.6) is 23.1 Å². The van der Waals surface area contributed by atoms with E-state index >= 15 is 0 Å². The Hall–Kier alpha value is -3.18. The Kier molecular flexibility index (Phi) is 3.69. The van der Waals surface area contributed by atoms with Gasteiger partial charge in [0.25, 0.3) is 5.88 Å². The molecule has 0 amide bonds. The van der Waals surface area contributed by atoms with Crippen molar-refractivity contribution >= 4 is 12.2 Å². The second kappa shape index (κ2) is 6.14. The average molecular weight is 318 g/mol. The molecule has 0 spiro atoms. The Morgan fingerprint density at radius 2 is 1.58 bits per heavy atom. The predicted molar refractivity (Wildman–Crippen MR) is 89.9 cm³/mol. The lowest BCUT2D eigenvalue weighted by molar-refractivity contribution is 0.282. The highest BCUT2D eigenvalue weighted by Crippen LogP contribution is 2.43. The Morgan fingerprint density at radius 3 is 2.33 bits per heavy atom. The van der Waals surface area contributed by atoms with Gasteiger partial charge in [0, 0.05) is 6.07 Å². The molecule has 1 N–H and O–H groups in total. The molecule has 0 saturated carbocycles. The number of fused-ring (bicyclic) bond motifs is 2. The lowest BCUT2D eigenvalue weighted by Crippen LogP contribution is -2.02. The molecule has 1 aliphatic rings. The topological polar surface area (TPSA) is 64.5 Å². The normalized spacial score (nSPS) is 12.2. The Bertz CT molecular complexity index is 905. The van der Waals surface area contributed by atoms with Gasteiger partial charge in [-0.25, -0.2) is 0 Å². The zero-order valence-electron chi connectivity index (χ0n) is 12.7. The fourth-order valence-corrected chi connectivity index (χ4v) is 2.36. The van der Waals surface area contributed by atoms with Crippen molar-refractivity contribution in [3.8, 4) is 23.1 Å². The van der Waals surface area contributed by atoms with Crippen LogP contribution < -0.4 is 9.47 Å². The van der Waals surface area contributed by atoms with Crippen molar-refractivity contribution in [1.82, 2.24) is 10.2 Å². The molecule has 0 bridgehead atoms. The smallest absolute Gasteiger partial charge is 0.282 e. The summed E-state index contributed by atoms with van der Waals surface area (Å²) in [6.07, 6.45) is 3.78. The summed E-state index contributed by atoms with van der Waals surface area (Å²) < 4.78 is 11.5. The first-order chi connectivity index (χ1) is 11.8. The van der Waals surface area contributed by atoms with E-state index in [2.05, 4.69) is 10.2 Å². The third kappa shape index (κ3) is 2.85. The van der Waals surface area contributed by atoms with Gasteiger partial charge in [-0.2, -0.15) is 0 Å². The summed E-state index contributed by atoms with van der Waals surface area (Å²) in [4.78, 5) is 0. The van der Waals surface area contributed by atoms with Crippen molar-refractivity contribution in [1.29, 1.82) is 0 Å². The lowest BCUT2D eigenvalue weighted by Gasteiger charge is -2.18. The lowest BCUT2D eigenvalue weighted by atomic mass is 10.1. The molecule has 118 valence electrons. The van der Waals surface area contributed by atoms with Crippen molar-refractivity contribution in [3.05, 3.63) is 71.4 Å². The van der Waals surface area contributed by atoms with Crippen molar-refractivity contribution in [2.45, 2.75) is 6.61 Å². The molecule has 0 saturated heterocycles. The highest BCUT2D eigenvalue weighted by Gasteiger charge is 2.20. The van der Waals surface area contributed by atoms with Gasteiger partial charge in [0.15, 0.2) is 17.2 Å². The fourth-order valence-electron chi connectivity index (χ4n) is 2.36. The Morgan fingerprint density at radius 1 is 0.833 bits per heavy atom. The first kappa shape index (κ1) is 14.4. The molecule has 0 fully saturated rings. The molecule has 0 aliphatic carbocycles. The van der Waals surface area contributed by atoms with Crippen LogP contribution in [0.4, 0.5) is 0 Å². The molecular formula is C19H14N2O3. The third-order valence-corrected chi connectivity index (χ3v) is 3.63. The van der Waals surface area contributed by atoms with Crippen LogP contribution >= 0.6 is 0 Å². The van der Waals surface area contributed by atoms with E-state index in [1.54, 1.807) is 6.07 Å². The van der Waals surface area contributed by atoms with E-state index < -0.39 is 0 Å². The molecule has 5 nitrogen and oxygen atoms in total. The van der Waals surface area contributed by atoms with E-state index in [0.717, 1.165) is 11.1 Å². The number of benzene rings is 2. The van der Waals surface area contributed by atoms with Gasteiger partial charge in [0.05, 0.1) is 12.3 Å². The van der Waals surface area contributed by atoms with Gasteiger partial charge in [0.2, 0.25) is 0 Å². The minimum Gasteiger partial charge on any atom is -0.448 e. The molecule has 0 unspecified atom stereocenters. The van der Waals surface area contributed by atoms with Crippen molar-refractivity contribution < 1.29 is 14.6 Å². The number of hydrogen-bond donors (Lipinski definition) is 1. The highest BCUT2D eigenvalue weighted by molar-refractivity contribution is 5.69. The van der Waals surface area contributed by atoms with Gasteiger partial charge in [-0.3, -0.25) is 0 Å². The van der Waals surface area contributed by atoms with Crippen LogP contribution in [-0.4, -0.2) is 15.3 Å². The number of aliphatic hydroxyl groups excluding tert-OH is 1.